The maximum absolute atomic E-state index is 13.1. The lowest BCUT2D eigenvalue weighted by Gasteiger charge is -2.34. The van der Waals surface area contributed by atoms with Crippen LogP contribution in [0.15, 0.2) is 0 Å². The van der Waals surface area contributed by atoms with Crippen LogP contribution in [0, 0.1) is 5.92 Å². The summed E-state index contributed by atoms with van der Waals surface area (Å²) in [6.07, 6.45) is 4.50. The van der Waals surface area contributed by atoms with Crippen LogP contribution in [-0.2, 0) is 14.3 Å². The van der Waals surface area contributed by atoms with E-state index in [1.165, 1.54) is 20.0 Å². The van der Waals surface area contributed by atoms with E-state index in [9.17, 15) is 9.59 Å². The summed E-state index contributed by atoms with van der Waals surface area (Å²) in [7, 11) is 2.84. The van der Waals surface area contributed by atoms with E-state index in [4.69, 9.17) is 4.74 Å². The van der Waals surface area contributed by atoms with E-state index in [0.29, 0.717) is 12.0 Å². The summed E-state index contributed by atoms with van der Waals surface area (Å²) in [5.41, 5.74) is 0. The van der Waals surface area contributed by atoms with Gasteiger partial charge in [-0.25, -0.2) is 4.79 Å². The first-order valence-corrected chi connectivity index (χ1v) is 8.22. The molecule has 1 saturated heterocycles. The predicted molar refractivity (Wildman–Crippen MR) is 82.5 cm³/mol. The molecular weight excluding hydrogens is 284 g/mol. The topological polar surface area (TPSA) is 67.9 Å². The fourth-order valence-corrected chi connectivity index (χ4v) is 3.96. The lowest BCUT2D eigenvalue weighted by molar-refractivity contribution is -0.139. The second kappa shape index (κ2) is 7.31. The number of ether oxygens (including phenoxy) is 2. The quantitative estimate of drug-likeness (QED) is 0.842. The van der Waals surface area contributed by atoms with Crippen LogP contribution in [0.2, 0.25) is 0 Å². The summed E-state index contributed by atoms with van der Waals surface area (Å²) in [6.45, 7) is 3.91. The Morgan fingerprint density at radius 1 is 1.32 bits per heavy atom. The number of amides is 2. The van der Waals surface area contributed by atoms with Crippen LogP contribution in [0.4, 0.5) is 4.79 Å². The summed E-state index contributed by atoms with van der Waals surface area (Å²) in [5, 5.41) is 2.64. The molecule has 1 aliphatic carbocycles. The fraction of sp³-hybridized carbons (Fsp3) is 0.875. The molecule has 2 fully saturated rings. The van der Waals surface area contributed by atoms with Gasteiger partial charge in [0.1, 0.15) is 6.04 Å². The van der Waals surface area contributed by atoms with Gasteiger partial charge in [-0.3, -0.25) is 4.79 Å². The molecule has 1 saturated carbocycles. The Kier molecular flexibility index (Phi) is 5.67. The highest BCUT2D eigenvalue weighted by molar-refractivity contribution is 5.87. The van der Waals surface area contributed by atoms with Gasteiger partial charge in [0, 0.05) is 19.2 Å². The predicted octanol–water partition coefficient (Wildman–Crippen LogP) is 1.93. The number of fused-ring (bicyclic) bond motifs is 1. The maximum atomic E-state index is 13.1. The van der Waals surface area contributed by atoms with Crippen LogP contribution in [0.1, 0.15) is 46.0 Å². The van der Waals surface area contributed by atoms with Crippen molar-refractivity contribution >= 4 is 12.0 Å². The zero-order chi connectivity index (χ0) is 16.3. The third-order valence-corrected chi connectivity index (χ3v) is 5.24. The van der Waals surface area contributed by atoms with Gasteiger partial charge in [-0.1, -0.05) is 13.3 Å². The summed E-state index contributed by atoms with van der Waals surface area (Å²) in [6, 6.07) is -0.108. The minimum atomic E-state index is -0.703. The zero-order valence-corrected chi connectivity index (χ0v) is 14.0. The molecule has 0 spiro atoms. The van der Waals surface area contributed by atoms with Crippen LogP contribution in [-0.4, -0.2) is 55.3 Å². The largest absolute Gasteiger partial charge is 0.453 e. The Labute approximate surface area is 132 Å². The van der Waals surface area contributed by atoms with Crippen molar-refractivity contribution < 1.29 is 19.1 Å². The van der Waals surface area contributed by atoms with Crippen molar-refractivity contribution in [1.29, 1.82) is 0 Å². The zero-order valence-electron chi connectivity index (χ0n) is 14.0. The highest BCUT2D eigenvalue weighted by Gasteiger charge is 2.47. The summed E-state index contributed by atoms with van der Waals surface area (Å²) in [5.74, 6) is 0.575. The molecule has 0 aromatic rings. The number of rotatable bonds is 5. The summed E-state index contributed by atoms with van der Waals surface area (Å²) >= 11 is 0. The van der Waals surface area contributed by atoms with Crippen LogP contribution < -0.4 is 5.32 Å². The first-order valence-electron chi connectivity index (χ1n) is 8.22. The van der Waals surface area contributed by atoms with Gasteiger partial charge in [-0.05, 0) is 38.5 Å². The van der Waals surface area contributed by atoms with E-state index < -0.39 is 18.2 Å². The van der Waals surface area contributed by atoms with Crippen molar-refractivity contribution in [1.82, 2.24) is 10.2 Å². The maximum Gasteiger partial charge on any atom is 0.407 e. The van der Waals surface area contributed by atoms with Gasteiger partial charge in [0.15, 0.2) is 0 Å². The molecule has 2 rings (SSSR count). The Morgan fingerprint density at radius 3 is 2.64 bits per heavy atom. The number of nitrogens with one attached hydrogen (secondary N) is 1. The van der Waals surface area contributed by atoms with Gasteiger partial charge in [-0.15, -0.1) is 0 Å². The molecule has 5 atom stereocenters. The molecule has 6 heteroatoms. The minimum Gasteiger partial charge on any atom is -0.453 e. The van der Waals surface area contributed by atoms with Crippen molar-refractivity contribution in [3.05, 3.63) is 0 Å². The van der Waals surface area contributed by atoms with Gasteiger partial charge >= 0.3 is 6.09 Å². The Balaban J connectivity index is 2.18. The second-order valence-electron chi connectivity index (χ2n) is 6.36. The highest BCUT2D eigenvalue weighted by atomic mass is 16.5. The van der Waals surface area contributed by atoms with Crippen molar-refractivity contribution in [2.45, 2.75) is 70.2 Å². The van der Waals surface area contributed by atoms with Crippen LogP contribution >= 0.6 is 0 Å². The Morgan fingerprint density at radius 2 is 2.05 bits per heavy atom. The lowest BCUT2D eigenvalue weighted by Crippen LogP contribution is -2.56. The molecule has 0 bridgehead atoms. The molecule has 2 aliphatic rings. The average Bonchev–Trinajstić information content (AvgIpc) is 3.10. The van der Waals surface area contributed by atoms with E-state index in [2.05, 4.69) is 17.0 Å². The Hall–Kier alpha value is -1.30. The molecule has 2 amide bonds. The first kappa shape index (κ1) is 17.1. The molecule has 1 N–H and O–H groups in total. The van der Waals surface area contributed by atoms with Gasteiger partial charge in [0.05, 0.1) is 13.2 Å². The summed E-state index contributed by atoms with van der Waals surface area (Å²) in [4.78, 5) is 26.7. The van der Waals surface area contributed by atoms with Gasteiger partial charge in [-0.2, -0.15) is 0 Å². The van der Waals surface area contributed by atoms with E-state index >= 15 is 0 Å². The number of carbonyl (C=O) groups is 2. The molecule has 6 nitrogen and oxygen atoms in total. The van der Waals surface area contributed by atoms with E-state index in [0.717, 1.165) is 19.3 Å². The van der Waals surface area contributed by atoms with Gasteiger partial charge < -0.3 is 19.7 Å². The molecule has 22 heavy (non-hydrogen) atoms. The average molecular weight is 312 g/mol. The molecule has 2 unspecified atom stereocenters. The monoisotopic (exact) mass is 312 g/mol. The molecule has 0 aromatic heterocycles. The number of carbonyl (C=O) groups excluding carboxylic acids is 2. The van der Waals surface area contributed by atoms with Gasteiger partial charge in [0.25, 0.3) is 0 Å². The highest BCUT2D eigenvalue weighted by Crippen LogP contribution is 2.42. The smallest absolute Gasteiger partial charge is 0.407 e. The third kappa shape index (κ3) is 3.21. The fourth-order valence-electron chi connectivity index (χ4n) is 3.96. The molecule has 0 radical (unpaired) electrons. The van der Waals surface area contributed by atoms with Crippen LogP contribution in [0.5, 0.6) is 0 Å². The number of nitrogens with zero attached hydrogens (tertiary/aromatic N) is 1. The standard InChI is InChI=1S/C16H28N2O4/c1-5-12-9-11-7-6-8-13(11)18(12)15(19)14(10(2)21-3)17-16(20)22-4/h10-14H,5-9H2,1-4H3,(H,17,20)/t10-,11?,12?,13-,14-/m0/s1. The molecular formula is C16H28N2O4. The third-order valence-electron chi connectivity index (χ3n) is 5.24. The van der Waals surface area contributed by atoms with Gasteiger partial charge in [0.2, 0.25) is 5.91 Å². The van der Waals surface area contributed by atoms with Crippen molar-refractivity contribution in [3.8, 4) is 0 Å². The van der Waals surface area contributed by atoms with Crippen molar-refractivity contribution in [2.75, 3.05) is 14.2 Å². The molecule has 1 aliphatic heterocycles. The van der Waals surface area contributed by atoms with Crippen molar-refractivity contribution in [2.24, 2.45) is 5.92 Å². The SMILES string of the molecule is CCC1CC2CCC[C@@H]2N1C(=O)[C@@H](NC(=O)OC)[C@H](C)OC. The molecule has 0 aromatic carbocycles. The minimum absolute atomic E-state index is 0.0407. The number of hydrogen-bond acceptors (Lipinski definition) is 4. The van der Waals surface area contributed by atoms with Crippen LogP contribution in [0.25, 0.3) is 0 Å². The van der Waals surface area contributed by atoms with E-state index in [1.807, 2.05) is 4.90 Å². The van der Waals surface area contributed by atoms with E-state index in [1.54, 1.807) is 14.0 Å². The number of hydrogen-bond donors (Lipinski definition) is 1. The number of methoxy groups -OCH3 is 2. The second-order valence-corrected chi connectivity index (χ2v) is 6.36. The lowest BCUT2D eigenvalue weighted by atomic mass is 10.0. The number of alkyl carbamates (subject to hydrolysis) is 1. The normalized spacial score (nSPS) is 29.8. The summed E-state index contributed by atoms with van der Waals surface area (Å²) < 4.78 is 9.95. The Bertz CT molecular complexity index is 415. The van der Waals surface area contributed by atoms with Crippen molar-refractivity contribution in [3.63, 3.8) is 0 Å². The first-order chi connectivity index (χ1) is 10.5. The number of likely N-dealkylation sites (tertiary alicyclic amines) is 1. The van der Waals surface area contributed by atoms with E-state index in [-0.39, 0.29) is 11.9 Å². The molecule has 126 valence electrons. The molecule has 1 heterocycles. The van der Waals surface area contributed by atoms with Crippen LogP contribution in [0.3, 0.4) is 0 Å².